The van der Waals surface area contributed by atoms with Gasteiger partial charge in [0.05, 0.1) is 22.9 Å². The maximum Gasteiger partial charge on any atom is 0.398 e. The number of nitrogens with zero attached hydrogens (tertiary/aromatic N) is 1. The average molecular weight is 372 g/mol. The molecular weight excluding hydrogens is 357 g/mol. The van der Waals surface area contributed by atoms with Gasteiger partial charge >= 0.3 is 6.18 Å². The number of benzene rings is 1. The lowest BCUT2D eigenvalue weighted by atomic mass is 10.3. The van der Waals surface area contributed by atoms with Crippen molar-refractivity contribution in [3.63, 3.8) is 0 Å². The molecule has 128 valence electrons. The molecule has 0 radical (unpaired) electrons. The zero-order valence-electron chi connectivity index (χ0n) is 12.5. The van der Waals surface area contributed by atoms with Crippen molar-refractivity contribution < 1.29 is 18.0 Å². The molecule has 3 nitrogen and oxygen atoms in total. The fourth-order valence-corrected chi connectivity index (χ4v) is 3.28. The highest BCUT2D eigenvalue weighted by atomic mass is 32.2. The average Bonchev–Trinajstić information content (AvgIpc) is 2.54. The number of thioether (sulfide) groups is 2. The summed E-state index contributed by atoms with van der Waals surface area (Å²) in [6.07, 6.45) is -2.57. The van der Waals surface area contributed by atoms with Crippen molar-refractivity contribution in [3.05, 3.63) is 54.4 Å². The van der Waals surface area contributed by atoms with E-state index in [1.54, 1.807) is 30.5 Å². The van der Waals surface area contributed by atoms with Gasteiger partial charge in [-0.1, -0.05) is 18.2 Å². The van der Waals surface area contributed by atoms with Crippen LogP contribution < -0.4 is 5.32 Å². The Hall–Kier alpha value is -1.67. The number of rotatable bonds is 7. The summed E-state index contributed by atoms with van der Waals surface area (Å²) in [5.74, 6) is -0.446. The normalized spacial score (nSPS) is 11.3. The Balaban J connectivity index is 1.85. The zero-order chi connectivity index (χ0) is 17.4. The number of halogens is 3. The van der Waals surface area contributed by atoms with E-state index in [2.05, 4.69) is 10.3 Å². The number of para-hydroxylation sites is 1. The molecule has 1 aromatic heterocycles. The number of hydrogen-bond acceptors (Lipinski definition) is 4. The number of amides is 1. The molecule has 1 heterocycles. The molecule has 0 aliphatic carbocycles. The topological polar surface area (TPSA) is 42.0 Å². The molecule has 2 aromatic rings. The van der Waals surface area contributed by atoms with Gasteiger partial charge in [0.15, 0.2) is 0 Å². The van der Waals surface area contributed by atoms with Crippen LogP contribution in [0.15, 0.2) is 53.6 Å². The second-order valence-corrected chi connectivity index (χ2v) is 6.76. The molecule has 0 saturated heterocycles. The Morgan fingerprint density at radius 2 is 1.88 bits per heavy atom. The van der Waals surface area contributed by atoms with Gasteiger partial charge in [0.2, 0.25) is 5.91 Å². The maximum atomic E-state index is 12.3. The number of anilines is 1. The van der Waals surface area contributed by atoms with E-state index < -0.39 is 11.9 Å². The molecule has 0 atom stereocenters. The molecule has 0 spiro atoms. The molecule has 8 heteroatoms. The molecule has 0 aliphatic heterocycles. The first-order valence-corrected chi connectivity index (χ1v) is 9.14. The van der Waals surface area contributed by atoms with Crippen molar-refractivity contribution in [2.75, 3.05) is 16.8 Å². The van der Waals surface area contributed by atoms with E-state index >= 15 is 0 Å². The maximum absolute atomic E-state index is 12.3. The lowest BCUT2D eigenvalue weighted by Crippen LogP contribution is -2.15. The molecular formula is C16H15F3N2OS2. The van der Waals surface area contributed by atoms with E-state index in [1.165, 1.54) is 11.8 Å². The minimum Gasteiger partial charge on any atom is -0.324 e. The van der Waals surface area contributed by atoms with Gasteiger partial charge < -0.3 is 5.32 Å². The SMILES string of the molecule is O=C(CSCc1ccccn1)Nc1ccccc1SCC(F)(F)F. The summed E-state index contributed by atoms with van der Waals surface area (Å²) in [4.78, 5) is 16.5. The first-order valence-electron chi connectivity index (χ1n) is 7.00. The molecule has 0 unspecified atom stereocenters. The number of aromatic nitrogens is 1. The van der Waals surface area contributed by atoms with Crippen LogP contribution in [0.2, 0.25) is 0 Å². The van der Waals surface area contributed by atoms with Crippen molar-refractivity contribution >= 4 is 35.1 Å². The number of hydrogen-bond donors (Lipinski definition) is 1. The third-order valence-electron chi connectivity index (χ3n) is 2.76. The summed E-state index contributed by atoms with van der Waals surface area (Å²) < 4.78 is 37.0. The van der Waals surface area contributed by atoms with Crippen LogP contribution in [-0.2, 0) is 10.5 Å². The Morgan fingerprint density at radius 3 is 2.58 bits per heavy atom. The first kappa shape index (κ1) is 18.7. The number of alkyl halides is 3. The van der Waals surface area contributed by atoms with Gasteiger partial charge in [-0.05, 0) is 24.3 Å². The fourth-order valence-electron chi connectivity index (χ4n) is 1.77. The lowest BCUT2D eigenvalue weighted by molar-refractivity contribution is -0.113. The van der Waals surface area contributed by atoms with Gasteiger partial charge in [-0.15, -0.1) is 23.5 Å². The standard InChI is InChI=1S/C16H15F3N2OS2/c17-16(18,19)11-24-14-7-2-1-6-13(14)21-15(22)10-23-9-12-5-3-4-8-20-12/h1-8H,9-11H2,(H,21,22). The second kappa shape index (κ2) is 8.98. The van der Waals surface area contributed by atoms with Crippen LogP contribution >= 0.6 is 23.5 Å². The van der Waals surface area contributed by atoms with E-state index in [9.17, 15) is 18.0 Å². The highest BCUT2D eigenvalue weighted by Gasteiger charge is 2.27. The Labute approximate surface area is 146 Å². The van der Waals surface area contributed by atoms with Crippen LogP contribution in [0.25, 0.3) is 0 Å². The first-order chi connectivity index (χ1) is 11.4. The van der Waals surface area contributed by atoms with Crippen molar-refractivity contribution in [1.29, 1.82) is 0 Å². The van der Waals surface area contributed by atoms with E-state index in [4.69, 9.17) is 0 Å². The van der Waals surface area contributed by atoms with Crippen LogP contribution in [0.3, 0.4) is 0 Å². The van der Waals surface area contributed by atoms with E-state index in [-0.39, 0.29) is 11.7 Å². The summed E-state index contributed by atoms with van der Waals surface area (Å²) in [6, 6.07) is 12.0. The summed E-state index contributed by atoms with van der Waals surface area (Å²) in [6.45, 7) is 0. The summed E-state index contributed by atoms with van der Waals surface area (Å²) in [5.41, 5.74) is 1.27. The van der Waals surface area contributed by atoms with Crippen molar-refractivity contribution in [1.82, 2.24) is 4.98 Å². The minimum absolute atomic E-state index is 0.203. The lowest BCUT2D eigenvalue weighted by Gasteiger charge is -2.11. The van der Waals surface area contributed by atoms with Crippen molar-refractivity contribution in [2.45, 2.75) is 16.8 Å². The molecule has 1 amide bonds. The molecule has 24 heavy (non-hydrogen) atoms. The highest BCUT2D eigenvalue weighted by Crippen LogP contribution is 2.32. The van der Waals surface area contributed by atoms with E-state index in [0.29, 0.717) is 28.1 Å². The van der Waals surface area contributed by atoms with Crippen molar-refractivity contribution in [3.8, 4) is 0 Å². The molecule has 2 rings (SSSR count). The van der Waals surface area contributed by atoms with Crippen LogP contribution in [0.1, 0.15) is 5.69 Å². The molecule has 1 aromatic carbocycles. The second-order valence-electron chi connectivity index (χ2n) is 4.76. The van der Waals surface area contributed by atoms with Gasteiger partial charge in [-0.3, -0.25) is 9.78 Å². The van der Waals surface area contributed by atoms with Crippen molar-refractivity contribution in [2.24, 2.45) is 0 Å². The van der Waals surface area contributed by atoms with Crippen LogP contribution in [0, 0.1) is 0 Å². The van der Waals surface area contributed by atoms with Gasteiger partial charge in [0.25, 0.3) is 0 Å². The smallest absolute Gasteiger partial charge is 0.324 e. The number of carbonyl (C=O) groups is 1. The highest BCUT2D eigenvalue weighted by molar-refractivity contribution is 7.99. The summed E-state index contributed by atoms with van der Waals surface area (Å²) >= 11 is 2.06. The van der Waals surface area contributed by atoms with Crippen LogP contribution in [0.5, 0.6) is 0 Å². The third-order valence-corrected chi connectivity index (χ3v) is 4.87. The minimum atomic E-state index is -4.25. The van der Waals surface area contributed by atoms with Gasteiger partial charge in [-0.25, -0.2) is 0 Å². The summed E-state index contributed by atoms with van der Waals surface area (Å²) in [7, 11) is 0. The largest absolute Gasteiger partial charge is 0.398 e. The molecule has 0 fully saturated rings. The number of nitrogens with one attached hydrogen (secondary N) is 1. The zero-order valence-corrected chi connectivity index (χ0v) is 14.2. The summed E-state index contributed by atoms with van der Waals surface area (Å²) in [5, 5.41) is 2.66. The van der Waals surface area contributed by atoms with E-state index in [0.717, 1.165) is 5.69 Å². The van der Waals surface area contributed by atoms with E-state index in [1.807, 2.05) is 18.2 Å². The molecule has 1 N–H and O–H groups in total. The fraction of sp³-hybridized carbons (Fsp3) is 0.250. The number of carbonyl (C=O) groups excluding carboxylic acids is 1. The van der Waals surface area contributed by atoms with Crippen LogP contribution in [-0.4, -0.2) is 28.6 Å². The molecule has 0 saturated carbocycles. The monoisotopic (exact) mass is 372 g/mol. The van der Waals surface area contributed by atoms with Gasteiger partial charge in [-0.2, -0.15) is 13.2 Å². The Bertz CT molecular complexity index is 666. The Kier molecular flexibility index (Phi) is 6.99. The predicted molar refractivity (Wildman–Crippen MR) is 92.2 cm³/mol. The predicted octanol–water partition coefficient (Wildman–Crippen LogP) is 4.61. The van der Waals surface area contributed by atoms with Gasteiger partial charge in [0.1, 0.15) is 0 Å². The van der Waals surface area contributed by atoms with Crippen LogP contribution in [0.4, 0.5) is 18.9 Å². The third kappa shape index (κ3) is 6.84. The quantitative estimate of drug-likeness (QED) is 0.721. The number of pyridine rings is 1. The molecule has 0 aliphatic rings. The molecule has 0 bridgehead atoms. The van der Waals surface area contributed by atoms with Gasteiger partial charge in [0, 0.05) is 16.8 Å². The Morgan fingerprint density at radius 1 is 1.12 bits per heavy atom.